The van der Waals surface area contributed by atoms with Gasteiger partial charge in [-0.25, -0.2) is 9.13 Å². The van der Waals surface area contributed by atoms with Crippen molar-refractivity contribution in [3.8, 4) is 22.9 Å². The number of aromatic nitrogens is 2. The summed E-state index contributed by atoms with van der Waals surface area (Å²) in [5.41, 5.74) is 1.17. The molecule has 47 heavy (non-hydrogen) atoms. The molecule has 0 unspecified atom stereocenters. The molecule has 0 N–H and O–H groups in total. The molecule has 0 spiro atoms. The summed E-state index contributed by atoms with van der Waals surface area (Å²) in [7, 11) is 4.20. The quantitative estimate of drug-likeness (QED) is 0.0566. The smallest absolute Gasteiger partial charge is 0.288 e. The highest BCUT2D eigenvalue weighted by Gasteiger charge is 2.17. The maximum Gasteiger partial charge on any atom is 0.288 e. The van der Waals surface area contributed by atoms with Crippen LogP contribution in [0.1, 0.15) is 194 Å². The van der Waals surface area contributed by atoms with Gasteiger partial charge in [0, 0.05) is 0 Å². The molecule has 0 atom stereocenters. The predicted octanol–water partition coefficient (Wildman–Crippen LogP) is 13.2. The summed E-state index contributed by atoms with van der Waals surface area (Å²) in [6.07, 6.45) is 42.7. The Hall–Kier alpha value is -1.97. The minimum atomic E-state index is 0.760. The monoisotopic (exact) mass is 654 g/mol. The lowest BCUT2D eigenvalue weighted by molar-refractivity contribution is -0.659. The van der Waals surface area contributed by atoms with Crippen molar-refractivity contribution in [2.45, 2.75) is 194 Å². The molecule has 0 radical (unpaired) electrons. The molecule has 270 valence electrons. The first-order chi connectivity index (χ1) is 23.2. The molecule has 4 nitrogen and oxygen atoms in total. The number of rotatable bonds is 33. The number of imidazole rings is 1. The molecule has 1 heterocycles. The molecule has 0 fully saturated rings. The van der Waals surface area contributed by atoms with Gasteiger partial charge in [-0.2, -0.15) is 0 Å². The first kappa shape index (κ1) is 41.2. The van der Waals surface area contributed by atoms with Crippen molar-refractivity contribution in [3.05, 3.63) is 30.6 Å². The maximum atomic E-state index is 6.39. The van der Waals surface area contributed by atoms with Crippen LogP contribution in [0.5, 0.6) is 11.5 Å². The minimum Gasteiger partial charge on any atom is -0.490 e. The number of unbranched alkanes of at least 4 members (excludes halogenated alkanes) is 26. The van der Waals surface area contributed by atoms with E-state index >= 15 is 0 Å². The van der Waals surface area contributed by atoms with Crippen LogP contribution < -0.4 is 14.0 Å². The standard InChI is InChI=1S/C43H77N2O2/c1-5-7-9-11-13-15-17-19-21-23-25-27-29-31-37-46-41-34-33-40(43-44(3)35-36-45(43)4)39-42(41)47-38-32-30-28-26-24-22-20-18-16-14-12-10-8-6-2/h33-36,39H,5-32,37-38H2,1-4H3/q+1. The zero-order valence-electron chi connectivity index (χ0n) is 31.8. The Morgan fingerprint density at radius 3 is 1.21 bits per heavy atom. The molecular weight excluding hydrogens is 576 g/mol. The number of nitrogens with zero attached hydrogens (tertiary/aromatic N) is 2. The van der Waals surface area contributed by atoms with Gasteiger partial charge in [0.2, 0.25) is 0 Å². The van der Waals surface area contributed by atoms with Crippen LogP contribution in [0.4, 0.5) is 0 Å². The van der Waals surface area contributed by atoms with E-state index in [2.05, 4.69) is 67.7 Å². The Balaban J connectivity index is 1.61. The fourth-order valence-corrected chi connectivity index (χ4v) is 6.83. The van der Waals surface area contributed by atoms with Crippen LogP contribution in [0.15, 0.2) is 30.6 Å². The summed E-state index contributed by atoms with van der Waals surface area (Å²) in [5, 5.41) is 0. The number of hydrogen-bond acceptors (Lipinski definition) is 2. The van der Waals surface area contributed by atoms with E-state index in [1.807, 2.05) is 0 Å². The summed E-state index contributed by atoms with van der Waals surface area (Å²) in [5.74, 6) is 2.96. The van der Waals surface area contributed by atoms with Crippen LogP contribution in [0.25, 0.3) is 11.4 Å². The summed E-state index contributed by atoms with van der Waals surface area (Å²) in [6.45, 7) is 6.12. The second kappa shape index (κ2) is 29.0. The Bertz CT molecular complexity index is 965. The second-order valence-corrected chi connectivity index (χ2v) is 14.4. The third kappa shape index (κ3) is 20.2. The normalized spacial score (nSPS) is 11.4. The van der Waals surface area contributed by atoms with Crippen molar-refractivity contribution >= 4 is 0 Å². The molecule has 0 amide bonds. The molecular formula is C43H77N2O2+. The summed E-state index contributed by atoms with van der Waals surface area (Å²) in [4.78, 5) is 0. The van der Waals surface area contributed by atoms with Crippen molar-refractivity contribution in [1.29, 1.82) is 0 Å². The van der Waals surface area contributed by atoms with E-state index in [1.54, 1.807) is 0 Å². The summed E-state index contributed by atoms with van der Waals surface area (Å²) < 4.78 is 17.0. The van der Waals surface area contributed by atoms with E-state index in [0.717, 1.165) is 37.6 Å². The molecule has 0 bridgehead atoms. The Morgan fingerprint density at radius 1 is 0.489 bits per heavy atom. The number of benzene rings is 1. The van der Waals surface area contributed by atoms with Gasteiger partial charge in [0.25, 0.3) is 5.82 Å². The molecule has 0 aliphatic carbocycles. The maximum absolute atomic E-state index is 6.39. The highest BCUT2D eigenvalue weighted by molar-refractivity contribution is 5.59. The van der Waals surface area contributed by atoms with Gasteiger partial charge in [0.05, 0.1) is 32.9 Å². The summed E-state index contributed by atoms with van der Waals surface area (Å²) in [6, 6.07) is 6.47. The summed E-state index contributed by atoms with van der Waals surface area (Å²) >= 11 is 0. The van der Waals surface area contributed by atoms with Crippen LogP contribution in [0.3, 0.4) is 0 Å². The van der Waals surface area contributed by atoms with Crippen LogP contribution in [-0.4, -0.2) is 17.8 Å². The number of hydrogen-bond donors (Lipinski definition) is 0. The van der Waals surface area contributed by atoms with Gasteiger partial charge in [-0.15, -0.1) is 0 Å². The average Bonchev–Trinajstić information content (AvgIpc) is 3.42. The lowest BCUT2D eigenvalue weighted by Gasteiger charge is -2.14. The van der Waals surface area contributed by atoms with Crippen LogP contribution >= 0.6 is 0 Å². The van der Waals surface area contributed by atoms with Gasteiger partial charge >= 0.3 is 0 Å². The van der Waals surface area contributed by atoms with E-state index in [4.69, 9.17) is 9.47 Å². The van der Waals surface area contributed by atoms with E-state index in [1.165, 1.54) is 178 Å². The van der Waals surface area contributed by atoms with Crippen molar-refractivity contribution in [3.63, 3.8) is 0 Å². The minimum absolute atomic E-state index is 0.760. The largest absolute Gasteiger partial charge is 0.490 e. The molecule has 0 aliphatic heterocycles. The molecule has 2 aromatic rings. The van der Waals surface area contributed by atoms with Gasteiger partial charge in [0.15, 0.2) is 11.5 Å². The van der Waals surface area contributed by atoms with E-state index in [9.17, 15) is 0 Å². The Morgan fingerprint density at radius 2 is 0.851 bits per heavy atom. The highest BCUT2D eigenvalue weighted by atomic mass is 16.5. The zero-order valence-corrected chi connectivity index (χ0v) is 31.8. The SMILES string of the molecule is CCCCCCCCCCCCCCCCOc1ccc(-c2n(C)cc[n+]2C)cc1OCCCCCCCCCCCCCCCC. The van der Waals surface area contributed by atoms with Crippen molar-refractivity contribution in [2.75, 3.05) is 13.2 Å². The molecule has 1 aromatic carbocycles. The van der Waals surface area contributed by atoms with Crippen LogP contribution in [0, 0.1) is 0 Å². The van der Waals surface area contributed by atoms with Crippen molar-refractivity contribution in [2.24, 2.45) is 14.1 Å². The van der Waals surface area contributed by atoms with E-state index in [-0.39, 0.29) is 0 Å². The van der Waals surface area contributed by atoms with E-state index < -0.39 is 0 Å². The molecule has 1 aromatic heterocycles. The molecule has 0 saturated heterocycles. The van der Waals surface area contributed by atoms with Crippen LogP contribution in [-0.2, 0) is 14.1 Å². The molecule has 0 saturated carbocycles. The van der Waals surface area contributed by atoms with Gasteiger partial charge in [-0.1, -0.05) is 181 Å². The molecule has 2 rings (SSSR count). The van der Waals surface area contributed by atoms with Crippen molar-refractivity contribution in [1.82, 2.24) is 4.57 Å². The van der Waals surface area contributed by atoms with Crippen LogP contribution in [0.2, 0.25) is 0 Å². The highest BCUT2D eigenvalue weighted by Crippen LogP contribution is 2.32. The molecule has 4 heteroatoms. The average molecular weight is 654 g/mol. The van der Waals surface area contributed by atoms with Gasteiger partial charge in [0.1, 0.15) is 12.4 Å². The number of aryl methyl sites for hydroxylation is 2. The third-order valence-corrected chi connectivity index (χ3v) is 9.89. The fourth-order valence-electron chi connectivity index (χ4n) is 6.83. The fraction of sp³-hybridized carbons (Fsp3) is 0.791. The predicted molar refractivity (Wildman–Crippen MR) is 204 cm³/mol. The second-order valence-electron chi connectivity index (χ2n) is 14.4. The molecule has 0 aliphatic rings. The van der Waals surface area contributed by atoms with Crippen molar-refractivity contribution < 1.29 is 14.0 Å². The Kier molecular flexibility index (Phi) is 25.4. The van der Waals surface area contributed by atoms with Gasteiger partial charge in [-0.05, 0) is 31.0 Å². The Labute approximate surface area is 292 Å². The topological polar surface area (TPSA) is 27.3 Å². The van der Waals surface area contributed by atoms with Gasteiger partial charge in [-0.3, -0.25) is 0 Å². The van der Waals surface area contributed by atoms with Gasteiger partial charge < -0.3 is 9.47 Å². The third-order valence-electron chi connectivity index (χ3n) is 9.89. The lowest BCUT2D eigenvalue weighted by Crippen LogP contribution is -2.28. The van der Waals surface area contributed by atoms with E-state index in [0.29, 0.717) is 0 Å². The number of ether oxygens (including phenoxy) is 2. The first-order valence-electron chi connectivity index (χ1n) is 20.6. The zero-order chi connectivity index (χ0) is 33.6. The first-order valence-corrected chi connectivity index (χ1v) is 20.6. The lowest BCUT2D eigenvalue weighted by atomic mass is 10.0.